The number of benzene rings is 2. The summed E-state index contributed by atoms with van der Waals surface area (Å²) in [6.07, 6.45) is 2.83. The van der Waals surface area contributed by atoms with Crippen LogP contribution in [-0.2, 0) is 24.4 Å². The Balaban J connectivity index is 0.000000369. The summed E-state index contributed by atoms with van der Waals surface area (Å²) < 4.78 is 5.13. The highest BCUT2D eigenvalue weighted by Gasteiger charge is 2.06. The predicted octanol–water partition coefficient (Wildman–Crippen LogP) is 4.27. The molecule has 0 atom stereocenters. The maximum atomic E-state index is 9.54. The van der Waals surface area contributed by atoms with Crippen LogP contribution in [0.3, 0.4) is 0 Å². The van der Waals surface area contributed by atoms with Crippen LogP contribution in [0.25, 0.3) is 0 Å². The van der Waals surface area contributed by atoms with Crippen molar-refractivity contribution in [3.63, 3.8) is 0 Å². The van der Waals surface area contributed by atoms with Crippen molar-refractivity contribution >= 4 is 0 Å². The first-order valence-corrected chi connectivity index (χ1v) is 9.86. The van der Waals surface area contributed by atoms with Crippen molar-refractivity contribution in [3.05, 3.63) is 65.2 Å². The van der Waals surface area contributed by atoms with Gasteiger partial charge in [-0.05, 0) is 68.3 Å². The molecule has 1 aliphatic rings. The summed E-state index contributed by atoms with van der Waals surface area (Å²) in [5.41, 5.74) is 3.61. The fourth-order valence-corrected chi connectivity index (χ4v) is 3.23. The average molecular weight is 371 g/mol. The van der Waals surface area contributed by atoms with E-state index in [9.17, 15) is 5.11 Å². The Kier molecular flexibility index (Phi) is 9.32. The lowest BCUT2D eigenvalue weighted by Gasteiger charge is -2.21. The van der Waals surface area contributed by atoms with Gasteiger partial charge in [0.25, 0.3) is 0 Å². The summed E-state index contributed by atoms with van der Waals surface area (Å²) in [6, 6.07) is 16.0. The van der Waals surface area contributed by atoms with Crippen LogP contribution in [0, 0.1) is 0 Å². The number of hydrogen-bond acceptors (Lipinski definition) is 4. The third kappa shape index (κ3) is 8.12. The quantitative estimate of drug-likeness (QED) is 0.789. The van der Waals surface area contributed by atoms with Crippen molar-refractivity contribution in [2.75, 3.05) is 33.8 Å². The average Bonchev–Trinajstić information content (AvgIpc) is 3.14. The molecule has 3 rings (SSSR count). The van der Waals surface area contributed by atoms with E-state index >= 15 is 0 Å². The van der Waals surface area contributed by atoms with Crippen LogP contribution < -0.4 is 0 Å². The molecule has 1 saturated heterocycles. The lowest BCUT2D eigenvalue weighted by atomic mass is 10.1. The number of aromatic hydroxyl groups is 1. The Hall–Kier alpha value is -1.88. The molecular weight excluding hydrogens is 336 g/mol. The molecular formula is C23H34N2O2. The number of phenols is 1. The molecule has 148 valence electrons. The minimum absolute atomic E-state index is 0.326. The van der Waals surface area contributed by atoms with E-state index in [4.69, 9.17) is 4.74 Å². The fraction of sp³-hybridized carbons (Fsp3) is 0.478. The molecule has 4 heteroatoms. The highest BCUT2D eigenvalue weighted by Crippen LogP contribution is 2.15. The summed E-state index contributed by atoms with van der Waals surface area (Å²) >= 11 is 0. The first kappa shape index (κ1) is 21.4. The Labute approximate surface area is 164 Å². The number of methoxy groups -OCH3 is 1. The molecule has 0 amide bonds. The maximum absolute atomic E-state index is 9.54. The standard InChI is InChI=1S/C18H23NO2.C5H11N/c1-3-19(13-17-5-4-6-18(20)11-17)12-15-7-9-16(10-8-15)14-21-2;1-6-4-2-3-5-6/h4-11,20H,3,12-14H2,1-2H3;2-5H2,1H3. The van der Waals surface area contributed by atoms with Crippen molar-refractivity contribution in [1.29, 1.82) is 0 Å². The van der Waals surface area contributed by atoms with E-state index in [-0.39, 0.29) is 0 Å². The van der Waals surface area contributed by atoms with E-state index in [2.05, 4.69) is 48.0 Å². The van der Waals surface area contributed by atoms with Crippen LogP contribution in [0.4, 0.5) is 0 Å². The Bertz CT molecular complexity index is 652. The number of ether oxygens (including phenoxy) is 1. The SMILES string of the molecule is CCN(Cc1ccc(COC)cc1)Cc1cccc(O)c1.CN1CCCC1. The minimum atomic E-state index is 0.326. The second kappa shape index (κ2) is 11.8. The van der Waals surface area contributed by atoms with Crippen molar-refractivity contribution in [1.82, 2.24) is 9.80 Å². The van der Waals surface area contributed by atoms with Gasteiger partial charge in [-0.2, -0.15) is 0 Å². The van der Waals surface area contributed by atoms with Gasteiger partial charge in [-0.1, -0.05) is 43.3 Å². The van der Waals surface area contributed by atoms with Gasteiger partial charge in [-0.15, -0.1) is 0 Å². The molecule has 0 saturated carbocycles. The normalized spacial score (nSPS) is 14.2. The monoisotopic (exact) mass is 370 g/mol. The fourth-order valence-electron chi connectivity index (χ4n) is 3.23. The van der Waals surface area contributed by atoms with Gasteiger partial charge in [-0.25, -0.2) is 0 Å². The topological polar surface area (TPSA) is 35.9 Å². The van der Waals surface area contributed by atoms with Crippen molar-refractivity contribution in [2.24, 2.45) is 0 Å². The van der Waals surface area contributed by atoms with Crippen LogP contribution in [0.1, 0.15) is 36.5 Å². The van der Waals surface area contributed by atoms with Crippen LogP contribution >= 0.6 is 0 Å². The summed E-state index contributed by atoms with van der Waals surface area (Å²) in [4.78, 5) is 4.71. The number of phenolic OH excluding ortho intramolecular Hbond substituents is 1. The molecule has 0 aliphatic carbocycles. The lowest BCUT2D eigenvalue weighted by Crippen LogP contribution is -2.22. The number of nitrogens with zero attached hydrogens (tertiary/aromatic N) is 2. The zero-order valence-corrected chi connectivity index (χ0v) is 17.0. The van der Waals surface area contributed by atoms with E-state index in [1.807, 2.05) is 18.2 Å². The van der Waals surface area contributed by atoms with E-state index < -0.39 is 0 Å². The molecule has 0 spiro atoms. The second-order valence-electron chi connectivity index (χ2n) is 7.23. The van der Waals surface area contributed by atoms with Gasteiger partial charge in [0, 0.05) is 20.2 Å². The molecule has 2 aromatic carbocycles. The van der Waals surface area contributed by atoms with Gasteiger partial charge in [0.1, 0.15) is 5.75 Å². The molecule has 2 aromatic rings. The van der Waals surface area contributed by atoms with Crippen LogP contribution in [0.5, 0.6) is 5.75 Å². The second-order valence-corrected chi connectivity index (χ2v) is 7.23. The molecule has 0 unspecified atom stereocenters. The Morgan fingerprint density at radius 3 is 2.11 bits per heavy atom. The zero-order valence-electron chi connectivity index (χ0n) is 17.0. The molecule has 0 bridgehead atoms. The first-order chi connectivity index (χ1) is 13.1. The molecule has 0 radical (unpaired) electrons. The number of hydrogen-bond donors (Lipinski definition) is 1. The van der Waals surface area contributed by atoms with Gasteiger partial charge in [0.2, 0.25) is 0 Å². The summed E-state index contributed by atoms with van der Waals surface area (Å²) in [5, 5.41) is 9.54. The molecule has 1 fully saturated rings. The van der Waals surface area contributed by atoms with Gasteiger partial charge in [0.15, 0.2) is 0 Å². The Morgan fingerprint density at radius 1 is 0.963 bits per heavy atom. The third-order valence-electron chi connectivity index (χ3n) is 4.83. The van der Waals surface area contributed by atoms with Gasteiger partial charge in [0.05, 0.1) is 6.61 Å². The van der Waals surface area contributed by atoms with Crippen LogP contribution in [0.2, 0.25) is 0 Å². The van der Waals surface area contributed by atoms with E-state index in [1.165, 1.54) is 37.1 Å². The van der Waals surface area contributed by atoms with E-state index in [0.717, 1.165) is 25.2 Å². The van der Waals surface area contributed by atoms with Gasteiger partial charge >= 0.3 is 0 Å². The molecule has 0 aromatic heterocycles. The Morgan fingerprint density at radius 2 is 1.59 bits per heavy atom. The third-order valence-corrected chi connectivity index (χ3v) is 4.83. The molecule has 27 heavy (non-hydrogen) atoms. The summed E-state index contributed by atoms with van der Waals surface area (Å²) in [6.45, 7) is 8.16. The summed E-state index contributed by atoms with van der Waals surface area (Å²) in [7, 11) is 3.88. The highest BCUT2D eigenvalue weighted by atomic mass is 16.5. The predicted molar refractivity (Wildman–Crippen MR) is 112 cm³/mol. The van der Waals surface area contributed by atoms with Crippen molar-refractivity contribution in [3.8, 4) is 5.75 Å². The van der Waals surface area contributed by atoms with Gasteiger partial charge in [-0.3, -0.25) is 4.90 Å². The number of likely N-dealkylation sites (tertiary alicyclic amines) is 1. The maximum Gasteiger partial charge on any atom is 0.115 e. The minimum Gasteiger partial charge on any atom is -0.508 e. The number of rotatable bonds is 7. The molecule has 1 aliphatic heterocycles. The van der Waals surface area contributed by atoms with Crippen LogP contribution in [-0.4, -0.2) is 48.7 Å². The van der Waals surface area contributed by atoms with Crippen LogP contribution in [0.15, 0.2) is 48.5 Å². The lowest BCUT2D eigenvalue weighted by molar-refractivity contribution is 0.185. The summed E-state index contributed by atoms with van der Waals surface area (Å²) in [5.74, 6) is 0.326. The largest absolute Gasteiger partial charge is 0.508 e. The van der Waals surface area contributed by atoms with Crippen molar-refractivity contribution < 1.29 is 9.84 Å². The molecule has 4 nitrogen and oxygen atoms in total. The van der Waals surface area contributed by atoms with E-state index in [0.29, 0.717) is 12.4 Å². The zero-order chi connectivity index (χ0) is 19.5. The smallest absolute Gasteiger partial charge is 0.115 e. The first-order valence-electron chi connectivity index (χ1n) is 9.86. The molecule has 1 N–H and O–H groups in total. The van der Waals surface area contributed by atoms with Crippen molar-refractivity contribution in [2.45, 2.75) is 39.5 Å². The van der Waals surface area contributed by atoms with E-state index in [1.54, 1.807) is 13.2 Å². The highest BCUT2D eigenvalue weighted by molar-refractivity contribution is 5.27. The van der Waals surface area contributed by atoms with Gasteiger partial charge < -0.3 is 14.7 Å². The molecule has 1 heterocycles.